The van der Waals surface area contributed by atoms with Gasteiger partial charge >= 0.3 is 0 Å². The molecule has 0 spiro atoms. The smallest absolute Gasteiger partial charge is 0.227 e. The molecule has 0 bridgehead atoms. The van der Waals surface area contributed by atoms with Gasteiger partial charge in [-0.1, -0.05) is 12.1 Å². The van der Waals surface area contributed by atoms with Crippen molar-refractivity contribution in [2.75, 3.05) is 18.0 Å². The van der Waals surface area contributed by atoms with Crippen molar-refractivity contribution in [3.05, 3.63) is 24.3 Å². The zero-order valence-electron chi connectivity index (χ0n) is 11.7. The fraction of sp³-hybridized carbons (Fsp3) is 0.500. The molecular weight excluding hydrogens is 276 g/mol. The minimum absolute atomic E-state index is 0.0631. The predicted molar refractivity (Wildman–Crippen MR) is 78.3 cm³/mol. The molecule has 0 radical (unpaired) electrons. The first-order valence-electron chi connectivity index (χ1n) is 6.71. The number of rotatable bonds is 4. The zero-order chi connectivity index (χ0) is 14.9. The number of benzene rings is 1. The molecule has 1 fully saturated rings. The van der Waals surface area contributed by atoms with Crippen molar-refractivity contribution in [3.63, 3.8) is 0 Å². The monoisotopic (exact) mass is 296 g/mol. The molecule has 1 atom stereocenters. The Morgan fingerprint density at radius 3 is 2.55 bits per heavy atom. The Balaban J connectivity index is 2.47. The molecular formula is C14H20N2O3S. The summed E-state index contributed by atoms with van der Waals surface area (Å²) >= 11 is 0. The van der Waals surface area contributed by atoms with Crippen LogP contribution in [-0.4, -0.2) is 32.7 Å². The minimum atomic E-state index is -3.42. The second-order valence-electron chi connectivity index (χ2n) is 5.37. The standard InChI is InChI=1S/C14H20N2O3S/c1-10(2)20(18,19)13-6-4-3-5-12(13)16-9-11(8-15)7-14(16)17/h3-6,10-11H,7-9,15H2,1-2H3. The van der Waals surface area contributed by atoms with Crippen LogP contribution in [0.5, 0.6) is 0 Å². The van der Waals surface area contributed by atoms with Gasteiger partial charge in [-0.25, -0.2) is 8.42 Å². The van der Waals surface area contributed by atoms with E-state index in [0.717, 1.165) is 0 Å². The van der Waals surface area contributed by atoms with Gasteiger partial charge in [0.25, 0.3) is 0 Å². The maximum absolute atomic E-state index is 12.4. The average molecular weight is 296 g/mol. The van der Waals surface area contributed by atoms with E-state index >= 15 is 0 Å². The lowest BCUT2D eigenvalue weighted by Gasteiger charge is -2.21. The number of hydrogen-bond acceptors (Lipinski definition) is 4. The highest BCUT2D eigenvalue weighted by Gasteiger charge is 2.33. The molecule has 1 unspecified atom stereocenters. The first kappa shape index (κ1) is 15.0. The molecule has 6 heteroatoms. The van der Waals surface area contributed by atoms with Crippen LogP contribution >= 0.6 is 0 Å². The summed E-state index contributed by atoms with van der Waals surface area (Å²) in [5.41, 5.74) is 6.09. The fourth-order valence-electron chi connectivity index (χ4n) is 2.35. The first-order valence-corrected chi connectivity index (χ1v) is 8.26. The van der Waals surface area contributed by atoms with E-state index in [4.69, 9.17) is 5.73 Å². The second kappa shape index (κ2) is 5.54. The molecule has 0 aromatic heterocycles. The first-order chi connectivity index (χ1) is 9.37. The highest BCUT2D eigenvalue weighted by Crippen LogP contribution is 2.32. The van der Waals surface area contributed by atoms with Crippen LogP contribution in [0.25, 0.3) is 0 Å². The predicted octanol–water partition coefficient (Wildman–Crippen LogP) is 1.18. The van der Waals surface area contributed by atoms with Gasteiger partial charge in [0.05, 0.1) is 15.8 Å². The van der Waals surface area contributed by atoms with Gasteiger partial charge in [0.1, 0.15) is 0 Å². The van der Waals surface area contributed by atoms with Gasteiger partial charge in [-0.2, -0.15) is 0 Å². The number of nitrogens with two attached hydrogens (primary N) is 1. The summed E-state index contributed by atoms with van der Waals surface area (Å²) in [6.07, 6.45) is 0.382. The topological polar surface area (TPSA) is 80.5 Å². The summed E-state index contributed by atoms with van der Waals surface area (Å²) in [6, 6.07) is 6.68. The number of carbonyl (C=O) groups excluding carboxylic acids is 1. The average Bonchev–Trinajstić information content (AvgIpc) is 2.79. The van der Waals surface area contributed by atoms with Crippen molar-refractivity contribution in [1.29, 1.82) is 0 Å². The van der Waals surface area contributed by atoms with Gasteiger partial charge in [0.2, 0.25) is 5.91 Å². The Morgan fingerprint density at radius 1 is 1.35 bits per heavy atom. The van der Waals surface area contributed by atoms with Crippen LogP contribution in [-0.2, 0) is 14.6 Å². The third-order valence-corrected chi connectivity index (χ3v) is 5.82. The minimum Gasteiger partial charge on any atom is -0.330 e. The van der Waals surface area contributed by atoms with Crippen molar-refractivity contribution >= 4 is 21.4 Å². The van der Waals surface area contributed by atoms with E-state index in [1.165, 1.54) is 0 Å². The lowest BCUT2D eigenvalue weighted by molar-refractivity contribution is -0.117. The molecule has 1 aromatic carbocycles. The van der Waals surface area contributed by atoms with Crippen LogP contribution in [0.1, 0.15) is 20.3 Å². The maximum Gasteiger partial charge on any atom is 0.227 e. The highest BCUT2D eigenvalue weighted by atomic mass is 32.2. The molecule has 1 aromatic rings. The summed E-state index contributed by atoms with van der Waals surface area (Å²) < 4.78 is 24.8. The number of nitrogens with zero attached hydrogens (tertiary/aromatic N) is 1. The number of anilines is 1. The lowest BCUT2D eigenvalue weighted by atomic mass is 10.1. The quantitative estimate of drug-likeness (QED) is 0.904. The van der Waals surface area contributed by atoms with Crippen LogP contribution in [0, 0.1) is 5.92 Å². The van der Waals surface area contributed by atoms with E-state index in [1.54, 1.807) is 43.0 Å². The summed E-state index contributed by atoms with van der Waals surface area (Å²) in [5, 5.41) is -0.522. The van der Waals surface area contributed by atoms with E-state index in [9.17, 15) is 13.2 Å². The molecule has 1 aliphatic rings. The lowest BCUT2D eigenvalue weighted by Crippen LogP contribution is -2.28. The van der Waals surface area contributed by atoms with E-state index in [2.05, 4.69) is 0 Å². The molecule has 1 amide bonds. The molecule has 5 nitrogen and oxygen atoms in total. The Kier molecular flexibility index (Phi) is 4.15. The van der Waals surface area contributed by atoms with Crippen molar-refractivity contribution in [1.82, 2.24) is 0 Å². The van der Waals surface area contributed by atoms with Crippen LogP contribution in [0.4, 0.5) is 5.69 Å². The molecule has 1 heterocycles. The Hall–Kier alpha value is -1.40. The van der Waals surface area contributed by atoms with Crippen LogP contribution in [0.15, 0.2) is 29.2 Å². The summed E-state index contributed by atoms with van der Waals surface area (Å²) in [4.78, 5) is 13.8. The molecule has 2 N–H and O–H groups in total. The van der Waals surface area contributed by atoms with Crippen LogP contribution in [0.3, 0.4) is 0 Å². The third-order valence-electron chi connectivity index (χ3n) is 3.62. The van der Waals surface area contributed by atoms with Crippen LogP contribution < -0.4 is 10.6 Å². The van der Waals surface area contributed by atoms with Crippen molar-refractivity contribution in [2.24, 2.45) is 11.7 Å². The summed E-state index contributed by atoms with van der Waals surface area (Å²) in [5.74, 6) is 0.0316. The molecule has 1 aliphatic heterocycles. The van der Waals surface area contributed by atoms with Gasteiger partial charge in [0.15, 0.2) is 9.84 Å². The fourth-order valence-corrected chi connectivity index (χ4v) is 3.59. The molecule has 0 aliphatic carbocycles. The molecule has 110 valence electrons. The van der Waals surface area contributed by atoms with Gasteiger partial charge in [-0.15, -0.1) is 0 Å². The molecule has 2 rings (SSSR count). The van der Waals surface area contributed by atoms with Crippen molar-refractivity contribution in [2.45, 2.75) is 30.4 Å². The van der Waals surface area contributed by atoms with Gasteiger partial charge in [-0.3, -0.25) is 4.79 Å². The summed E-state index contributed by atoms with van der Waals surface area (Å²) in [7, 11) is -3.42. The van der Waals surface area contributed by atoms with E-state index in [1.807, 2.05) is 0 Å². The highest BCUT2D eigenvalue weighted by molar-refractivity contribution is 7.92. The van der Waals surface area contributed by atoms with Crippen molar-refractivity contribution < 1.29 is 13.2 Å². The van der Waals surface area contributed by atoms with E-state index in [0.29, 0.717) is 25.2 Å². The summed E-state index contributed by atoms with van der Waals surface area (Å²) in [6.45, 7) is 4.20. The second-order valence-corrected chi connectivity index (χ2v) is 7.84. The Labute approximate surface area is 119 Å². The Morgan fingerprint density at radius 2 is 2.00 bits per heavy atom. The van der Waals surface area contributed by atoms with E-state index < -0.39 is 15.1 Å². The molecule has 0 saturated carbocycles. The van der Waals surface area contributed by atoms with Gasteiger partial charge in [-0.05, 0) is 38.4 Å². The van der Waals surface area contributed by atoms with Crippen molar-refractivity contribution in [3.8, 4) is 0 Å². The normalized spacial score (nSPS) is 19.9. The zero-order valence-corrected chi connectivity index (χ0v) is 12.6. The number of sulfone groups is 1. The Bertz CT molecular complexity index is 611. The molecule has 20 heavy (non-hydrogen) atoms. The van der Waals surface area contributed by atoms with Crippen LogP contribution in [0.2, 0.25) is 0 Å². The third kappa shape index (κ3) is 2.58. The number of amides is 1. The van der Waals surface area contributed by atoms with Gasteiger partial charge < -0.3 is 10.6 Å². The molecule has 1 saturated heterocycles. The number of para-hydroxylation sites is 1. The van der Waals surface area contributed by atoms with E-state index in [-0.39, 0.29) is 16.7 Å². The van der Waals surface area contributed by atoms with Gasteiger partial charge in [0, 0.05) is 13.0 Å². The number of carbonyl (C=O) groups is 1. The maximum atomic E-state index is 12.4. The largest absolute Gasteiger partial charge is 0.330 e. The number of hydrogen-bond donors (Lipinski definition) is 1. The SMILES string of the molecule is CC(C)S(=O)(=O)c1ccccc1N1CC(CN)CC1=O.